The first-order valence-electron chi connectivity index (χ1n) is 6.68. The molecular weight excluding hydrogens is 286 g/mol. The van der Waals surface area contributed by atoms with E-state index in [4.69, 9.17) is 4.74 Å². The van der Waals surface area contributed by atoms with Gasteiger partial charge in [-0.1, -0.05) is 18.2 Å². The molecule has 1 N–H and O–H groups in total. The molecule has 0 saturated carbocycles. The summed E-state index contributed by atoms with van der Waals surface area (Å²) in [6.45, 7) is 5.87. The lowest BCUT2D eigenvalue weighted by molar-refractivity contribution is 0.0533. The highest BCUT2D eigenvalue weighted by Gasteiger charge is 2.21. The average Bonchev–Trinajstić information content (AvgIpc) is 2.77. The number of carbonyl (C=O) groups is 2. The first-order valence-corrected chi connectivity index (χ1v) is 7.49. The molecule has 21 heavy (non-hydrogen) atoms. The van der Waals surface area contributed by atoms with E-state index < -0.39 is 5.97 Å². The summed E-state index contributed by atoms with van der Waals surface area (Å²) in [5.41, 5.74) is 1.99. The van der Waals surface area contributed by atoms with Crippen LogP contribution in [0.2, 0.25) is 0 Å². The normalized spacial score (nSPS) is 10.2. The molecule has 1 aromatic carbocycles. The highest BCUT2D eigenvalue weighted by Crippen LogP contribution is 2.33. The van der Waals surface area contributed by atoms with Gasteiger partial charge >= 0.3 is 5.97 Å². The molecule has 0 aliphatic heterocycles. The van der Waals surface area contributed by atoms with Gasteiger partial charge in [-0.3, -0.25) is 4.79 Å². The van der Waals surface area contributed by atoms with E-state index in [1.165, 1.54) is 11.3 Å². The van der Waals surface area contributed by atoms with E-state index in [2.05, 4.69) is 5.32 Å². The minimum atomic E-state index is -0.401. The molecule has 0 saturated heterocycles. The second-order valence-corrected chi connectivity index (χ2v) is 5.75. The van der Waals surface area contributed by atoms with E-state index in [0.29, 0.717) is 22.7 Å². The van der Waals surface area contributed by atoms with Crippen molar-refractivity contribution in [2.45, 2.75) is 20.8 Å². The summed E-state index contributed by atoms with van der Waals surface area (Å²) in [5, 5.41) is 2.83. The molecule has 1 heterocycles. The van der Waals surface area contributed by atoms with Gasteiger partial charge in [0.15, 0.2) is 0 Å². The van der Waals surface area contributed by atoms with E-state index in [0.717, 1.165) is 10.4 Å². The fourth-order valence-electron chi connectivity index (χ4n) is 1.89. The number of esters is 1. The molecule has 0 unspecified atom stereocenters. The van der Waals surface area contributed by atoms with Crippen LogP contribution in [-0.4, -0.2) is 18.5 Å². The van der Waals surface area contributed by atoms with Crippen LogP contribution in [0.5, 0.6) is 0 Å². The quantitative estimate of drug-likeness (QED) is 0.874. The van der Waals surface area contributed by atoms with Crippen molar-refractivity contribution >= 4 is 28.9 Å². The summed E-state index contributed by atoms with van der Waals surface area (Å²) < 4.78 is 5.04. The predicted octanol–water partition coefficient (Wildman–Crippen LogP) is 3.79. The number of aryl methyl sites for hydroxylation is 1. The fraction of sp³-hybridized carbons (Fsp3) is 0.250. The van der Waals surface area contributed by atoms with Crippen LogP contribution in [0.25, 0.3) is 0 Å². The molecule has 2 aromatic rings. The zero-order valence-electron chi connectivity index (χ0n) is 12.2. The molecule has 0 aliphatic rings. The Morgan fingerprint density at radius 3 is 2.48 bits per heavy atom. The van der Waals surface area contributed by atoms with E-state index >= 15 is 0 Å². The summed E-state index contributed by atoms with van der Waals surface area (Å²) in [4.78, 5) is 25.7. The van der Waals surface area contributed by atoms with Crippen molar-refractivity contribution in [2.24, 2.45) is 0 Å². The number of nitrogens with one attached hydrogen (secondary N) is 1. The van der Waals surface area contributed by atoms with Gasteiger partial charge in [0.25, 0.3) is 5.91 Å². The van der Waals surface area contributed by atoms with Crippen molar-refractivity contribution in [3.05, 3.63) is 51.2 Å². The minimum absolute atomic E-state index is 0.234. The van der Waals surface area contributed by atoms with Gasteiger partial charge < -0.3 is 10.1 Å². The molecule has 0 atom stereocenters. The Kier molecular flexibility index (Phi) is 4.75. The minimum Gasteiger partial charge on any atom is -0.462 e. The van der Waals surface area contributed by atoms with Crippen LogP contribution in [0, 0.1) is 13.8 Å². The third-order valence-electron chi connectivity index (χ3n) is 3.12. The average molecular weight is 303 g/mol. The third-order valence-corrected chi connectivity index (χ3v) is 4.31. The van der Waals surface area contributed by atoms with Gasteiger partial charge in [-0.15, -0.1) is 11.3 Å². The Bertz CT molecular complexity index is 662. The van der Waals surface area contributed by atoms with Crippen molar-refractivity contribution in [2.75, 3.05) is 11.9 Å². The van der Waals surface area contributed by atoms with Crippen LogP contribution in [0.1, 0.15) is 37.4 Å². The SMILES string of the molecule is CCOC(=O)c1sc(C)c(C)c1NC(=O)c1ccccc1. The number of benzene rings is 1. The Balaban J connectivity index is 2.31. The second-order valence-electron chi connectivity index (χ2n) is 4.53. The fourth-order valence-corrected chi connectivity index (χ4v) is 2.90. The van der Waals surface area contributed by atoms with Gasteiger partial charge in [-0.25, -0.2) is 4.79 Å². The Hall–Kier alpha value is -2.14. The number of hydrogen-bond donors (Lipinski definition) is 1. The first kappa shape index (κ1) is 15.3. The van der Waals surface area contributed by atoms with Gasteiger partial charge in [0, 0.05) is 10.4 Å². The molecule has 1 aromatic heterocycles. The van der Waals surface area contributed by atoms with E-state index in [1.54, 1.807) is 31.2 Å². The lowest BCUT2D eigenvalue weighted by atomic mass is 10.2. The largest absolute Gasteiger partial charge is 0.462 e. The van der Waals surface area contributed by atoms with Gasteiger partial charge in [-0.2, -0.15) is 0 Å². The summed E-state index contributed by atoms with van der Waals surface area (Å²) in [7, 11) is 0. The van der Waals surface area contributed by atoms with Crippen LogP contribution in [-0.2, 0) is 4.74 Å². The molecule has 1 amide bonds. The number of anilines is 1. The van der Waals surface area contributed by atoms with Gasteiger partial charge in [0.2, 0.25) is 0 Å². The number of ether oxygens (including phenoxy) is 1. The van der Waals surface area contributed by atoms with Crippen molar-refractivity contribution in [1.29, 1.82) is 0 Å². The van der Waals surface area contributed by atoms with Crippen molar-refractivity contribution < 1.29 is 14.3 Å². The molecule has 5 heteroatoms. The van der Waals surface area contributed by atoms with Crippen molar-refractivity contribution in [3.63, 3.8) is 0 Å². The lowest BCUT2D eigenvalue weighted by Gasteiger charge is -2.08. The van der Waals surface area contributed by atoms with Gasteiger partial charge in [-0.05, 0) is 38.5 Å². The van der Waals surface area contributed by atoms with Crippen LogP contribution >= 0.6 is 11.3 Å². The smallest absolute Gasteiger partial charge is 0.350 e. The zero-order valence-corrected chi connectivity index (χ0v) is 13.0. The molecule has 0 fully saturated rings. The number of hydrogen-bond acceptors (Lipinski definition) is 4. The first-order chi connectivity index (χ1) is 10.0. The van der Waals surface area contributed by atoms with E-state index in [9.17, 15) is 9.59 Å². The van der Waals surface area contributed by atoms with E-state index in [1.807, 2.05) is 19.9 Å². The molecule has 110 valence electrons. The number of rotatable bonds is 4. The molecule has 0 aliphatic carbocycles. The summed E-state index contributed by atoms with van der Waals surface area (Å²) in [5.74, 6) is -0.635. The number of thiophene rings is 1. The Morgan fingerprint density at radius 1 is 1.19 bits per heavy atom. The van der Waals surface area contributed by atoms with E-state index in [-0.39, 0.29) is 5.91 Å². The maximum absolute atomic E-state index is 12.2. The van der Waals surface area contributed by atoms with Gasteiger partial charge in [0.1, 0.15) is 4.88 Å². The highest BCUT2D eigenvalue weighted by molar-refractivity contribution is 7.14. The molecule has 2 rings (SSSR count). The maximum Gasteiger partial charge on any atom is 0.350 e. The van der Waals surface area contributed by atoms with Gasteiger partial charge in [0.05, 0.1) is 12.3 Å². The summed E-state index contributed by atoms with van der Waals surface area (Å²) in [6.07, 6.45) is 0. The molecule has 0 radical (unpaired) electrons. The molecular formula is C16H17NO3S. The van der Waals surface area contributed by atoms with Crippen molar-refractivity contribution in [3.8, 4) is 0 Å². The third kappa shape index (κ3) is 3.31. The standard InChI is InChI=1S/C16H17NO3S/c1-4-20-16(19)14-13(10(2)11(3)21-14)17-15(18)12-8-6-5-7-9-12/h5-9H,4H2,1-3H3,(H,17,18). The number of amides is 1. The summed E-state index contributed by atoms with van der Waals surface area (Å²) >= 11 is 1.34. The maximum atomic E-state index is 12.2. The monoisotopic (exact) mass is 303 g/mol. The van der Waals surface area contributed by atoms with Crippen molar-refractivity contribution in [1.82, 2.24) is 0 Å². The van der Waals surface area contributed by atoms with Crippen LogP contribution < -0.4 is 5.32 Å². The Morgan fingerprint density at radius 2 is 1.86 bits per heavy atom. The highest BCUT2D eigenvalue weighted by atomic mass is 32.1. The second kappa shape index (κ2) is 6.54. The predicted molar refractivity (Wildman–Crippen MR) is 84.1 cm³/mol. The Labute approximate surface area is 127 Å². The van der Waals surface area contributed by atoms with Crippen LogP contribution in [0.3, 0.4) is 0 Å². The number of carbonyl (C=O) groups excluding carboxylic acids is 2. The van der Waals surface area contributed by atoms with Crippen LogP contribution in [0.4, 0.5) is 5.69 Å². The lowest BCUT2D eigenvalue weighted by Crippen LogP contribution is -2.15. The molecule has 4 nitrogen and oxygen atoms in total. The van der Waals surface area contributed by atoms with Crippen LogP contribution in [0.15, 0.2) is 30.3 Å². The molecule has 0 spiro atoms. The molecule has 0 bridgehead atoms. The summed E-state index contributed by atoms with van der Waals surface area (Å²) in [6, 6.07) is 8.91. The zero-order chi connectivity index (χ0) is 15.4. The topological polar surface area (TPSA) is 55.4 Å².